The maximum Gasteiger partial charge on any atom is 0.336 e. The van der Waals surface area contributed by atoms with Crippen molar-refractivity contribution in [3.8, 4) is 0 Å². The zero-order chi connectivity index (χ0) is 15.7. The minimum atomic E-state index is -0.258. The Morgan fingerprint density at radius 3 is 2.59 bits per heavy atom. The zero-order valence-electron chi connectivity index (χ0n) is 13.6. The maximum absolute atomic E-state index is 11.9. The van der Waals surface area contributed by atoms with Gasteiger partial charge < -0.3 is 14.1 Å². The van der Waals surface area contributed by atoms with Gasteiger partial charge in [-0.05, 0) is 36.1 Å². The van der Waals surface area contributed by atoms with E-state index in [1.807, 2.05) is 6.07 Å². The van der Waals surface area contributed by atoms with Crippen molar-refractivity contribution in [3.05, 3.63) is 45.3 Å². The fraction of sp³-hybridized carbons (Fsp3) is 0.500. The molecule has 1 aromatic heterocycles. The van der Waals surface area contributed by atoms with Crippen LogP contribution in [0.5, 0.6) is 0 Å². The first kappa shape index (κ1) is 15.3. The van der Waals surface area contributed by atoms with Gasteiger partial charge in [0.15, 0.2) is 0 Å². The third-order valence-corrected chi connectivity index (χ3v) is 4.48. The average molecular weight is 302 g/mol. The number of hydrogen-bond donors (Lipinski definition) is 1. The lowest BCUT2D eigenvalue weighted by Gasteiger charge is -2.24. The normalized spacial score (nSPS) is 16.5. The van der Waals surface area contributed by atoms with Gasteiger partial charge in [0, 0.05) is 17.0 Å². The topological polar surface area (TPSA) is 43.9 Å². The smallest absolute Gasteiger partial charge is 0.336 e. The van der Waals surface area contributed by atoms with E-state index in [0.717, 1.165) is 43.8 Å². The Balaban J connectivity index is 2.07. The second-order valence-corrected chi connectivity index (χ2v) is 6.49. The summed E-state index contributed by atoms with van der Waals surface area (Å²) in [6.45, 7) is 10.9. The first-order valence-corrected chi connectivity index (χ1v) is 8.03. The SMILES string of the molecule is Cc1cc2oc(=O)cc(C[NH+]3CCOCC3)c2cc1C(C)C. The number of quaternary nitrogens is 1. The molecule has 1 aliphatic rings. The maximum atomic E-state index is 11.9. The molecule has 1 saturated heterocycles. The van der Waals surface area contributed by atoms with E-state index in [1.165, 1.54) is 16.0 Å². The van der Waals surface area contributed by atoms with E-state index < -0.39 is 0 Å². The average Bonchev–Trinajstić information content (AvgIpc) is 2.47. The Kier molecular flexibility index (Phi) is 4.32. The molecule has 3 rings (SSSR count). The lowest BCUT2D eigenvalue weighted by molar-refractivity contribution is -0.921. The number of morpholine rings is 1. The second kappa shape index (κ2) is 6.23. The number of fused-ring (bicyclic) bond motifs is 1. The fourth-order valence-electron chi connectivity index (χ4n) is 3.27. The molecular weight excluding hydrogens is 278 g/mol. The van der Waals surface area contributed by atoms with E-state index in [0.29, 0.717) is 11.5 Å². The van der Waals surface area contributed by atoms with Crippen molar-refractivity contribution >= 4 is 11.0 Å². The van der Waals surface area contributed by atoms with Gasteiger partial charge in [0.1, 0.15) is 25.2 Å². The highest BCUT2D eigenvalue weighted by Crippen LogP contribution is 2.26. The van der Waals surface area contributed by atoms with Crippen LogP contribution in [0.1, 0.15) is 36.5 Å². The number of rotatable bonds is 3. The molecule has 0 bridgehead atoms. The Morgan fingerprint density at radius 1 is 1.18 bits per heavy atom. The lowest BCUT2D eigenvalue weighted by Crippen LogP contribution is -3.12. The Labute approximate surface area is 130 Å². The van der Waals surface area contributed by atoms with Crippen LogP contribution in [0.4, 0.5) is 0 Å². The summed E-state index contributed by atoms with van der Waals surface area (Å²) in [6.07, 6.45) is 0. The summed E-state index contributed by atoms with van der Waals surface area (Å²) in [7, 11) is 0. The molecule has 0 unspecified atom stereocenters. The fourth-order valence-corrected chi connectivity index (χ4v) is 3.27. The van der Waals surface area contributed by atoms with E-state index in [2.05, 4.69) is 26.8 Å². The van der Waals surface area contributed by atoms with Gasteiger partial charge in [0.25, 0.3) is 0 Å². The van der Waals surface area contributed by atoms with Crippen LogP contribution in [0.3, 0.4) is 0 Å². The third kappa shape index (κ3) is 3.08. The third-order valence-electron chi connectivity index (χ3n) is 4.48. The summed E-state index contributed by atoms with van der Waals surface area (Å²) < 4.78 is 10.8. The quantitative estimate of drug-likeness (QED) is 0.877. The van der Waals surface area contributed by atoms with Crippen molar-refractivity contribution < 1.29 is 14.1 Å². The molecule has 2 heterocycles. The Bertz CT molecular complexity index is 727. The molecule has 0 atom stereocenters. The molecule has 0 spiro atoms. The molecule has 4 nitrogen and oxygen atoms in total. The van der Waals surface area contributed by atoms with E-state index in [9.17, 15) is 4.79 Å². The van der Waals surface area contributed by atoms with E-state index in [-0.39, 0.29) is 5.63 Å². The van der Waals surface area contributed by atoms with Crippen molar-refractivity contribution in [3.63, 3.8) is 0 Å². The van der Waals surface area contributed by atoms with Crippen molar-refractivity contribution in [2.24, 2.45) is 0 Å². The van der Waals surface area contributed by atoms with Crippen LogP contribution in [-0.4, -0.2) is 26.3 Å². The molecular formula is C18H24NO3+. The molecule has 2 aromatic rings. The number of ether oxygens (including phenoxy) is 1. The van der Waals surface area contributed by atoms with Gasteiger partial charge in [-0.2, -0.15) is 0 Å². The predicted molar refractivity (Wildman–Crippen MR) is 86.5 cm³/mol. The monoisotopic (exact) mass is 302 g/mol. The van der Waals surface area contributed by atoms with E-state index in [1.54, 1.807) is 6.07 Å². The molecule has 0 saturated carbocycles. The minimum Gasteiger partial charge on any atom is -0.423 e. The minimum absolute atomic E-state index is 0.258. The van der Waals surface area contributed by atoms with Gasteiger partial charge in [-0.1, -0.05) is 13.8 Å². The lowest BCUT2D eigenvalue weighted by atomic mass is 9.95. The first-order valence-electron chi connectivity index (χ1n) is 8.03. The van der Waals surface area contributed by atoms with E-state index >= 15 is 0 Å². The standard InChI is InChI=1S/C18H23NO3/c1-12(2)15-10-16-14(11-19-4-6-21-7-5-19)9-18(20)22-17(16)8-13(15)3/h8-10,12H,4-7,11H2,1-3H3/p+1. The predicted octanol–water partition coefficient (Wildman–Crippen LogP) is 1.64. The van der Waals surface area contributed by atoms with Crippen molar-refractivity contribution in [2.75, 3.05) is 26.3 Å². The van der Waals surface area contributed by atoms with Gasteiger partial charge in [-0.25, -0.2) is 4.79 Å². The summed E-state index contributed by atoms with van der Waals surface area (Å²) in [6, 6.07) is 5.86. The van der Waals surface area contributed by atoms with Gasteiger partial charge in [-0.15, -0.1) is 0 Å². The largest absolute Gasteiger partial charge is 0.423 e. The molecule has 0 aliphatic carbocycles. The van der Waals surface area contributed by atoms with Crippen LogP contribution in [0, 0.1) is 6.92 Å². The highest BCUT2D eigenvalue weighted by atomic mass is 16.5. The van der Waals surface area contributed by atoms with Gasteiger partial charge in [-0.3, -0.25) is 0 Å². The molecule has 1 N–H and O–H groups in total. The molecule has 0 amide bonds. The van der Waals surface area contributed by atoms with Crippen LogP contribution < -0.4 is 10.5 Å². The van der Waals surface area contributed by atoms with Crippen molar-refractivity contribution in [1.29, 1.82) is 0 Å². The highest BCUT2D eigenvalue weighted by molar-refractivity contribution is 5.82. The molecule has 22 heavy (non-hydrogen) atoms. The van der Waals surface area contributed by atoms with E-state index in [4.69, 9.17) is 9.15 Å². The first-order chi connectivity index (χ1) is 10.5. The van der Waals surface area contributed by atoms with Crippen LogP contribution in [0.25, 0.3) is 11.0 Å². The van der Waals surface area contributed by atoms with Gasteiger partial charge >= 0.3 is 5.63 Å². The number of nitrogens with one attached hydrogen (secondary N) is 1. The number of hydrogen-bond acceptors (Lipinski definition) is 3. The van der Waals surface area contributed by atoms with Crippen LogP contribution in [0.2, 0.25) is 0 Å². The molecule has 118 valence electrons. The highest BCUT2D eigenvalue weighted by Gasteiger charge is 2.18. The molecule has 0 radical (unpaired) electrons. The van der Waals surface area contributed by atoms with Crippen LogP contribution in [0.15, 0.2) is 27.4 Å². The van der Waals surface area contributed by atoms with Crippen LogP contribution in [-0.2, 0) is 11.3 Å². The van der Waals surface area contributed by atoms with Crippen molar-refractivity contribution in [2.45, 2.75) is 33.2 Å². The summed E-state index contributed by atoms with van der Waals surface area (Å²) in [5, 5.41) is 1.08. The Morgan fingerprint density at radius 2 is 1.91 bits per heavy atom. The summed E-state index contributed by atoms with van der Waals surface area (Å²) in [5.41, 5.74) is 4.04. The second-order valence-electron chi connectivity index (χ2n) is 6.49. The van der Waals surface area contributed by atoms with Gasteiger partial charge in [0.05, 0.1) is 13.2 Å². The molecule has 4 heteroatoms. The zero-order valence-corrected chi connectivity index (χ0v) is 13.6. The number of benzene rings is 1. The van der Waals surface area contributed by atoms with Gasteiger partial charge in [0.2, 0.25) is 0 Å². The molecule has 1 aliphatic heterocycles. The summed E-state index contributed by atoms with van der Waals surface area (Å²) in [5.74, 6) is 0.458. The summed E-state index contributed by atoms with van der Waals surface area (Å²) in [4.78, 5) is 13.3. The Hall–Kier alpha value is -1.65. The molecule has 1 aromatic carbocycles. The summed E-state index contributed by atoms with van der Waals surface area (Å²) >= 11 is 0. The number of aryl methyl sites for hydroxylation is 1. The van der Waals surface area contributed by atoms with Crippen LogP contribution >= 0.6 is 0 Å². The molecule has 1 fully saturated rings. The van der Waals surface area contributed by atoms with Crippen molar-refractivity contribution in [1.82, 2.24) is 0 Å².